The van der Waals surface area contributed by atoms with Crippen LogP contribution in [0.3, 0.4) is 0 Å². The SMILES string of the molecule is NCC(NCCCC1CC1)c1ccc(OCc2ccccc2)cc1. The summed E-state index contributed by atoms with van der Waals surface area (Å²) in [5.74, 6) is 1.90. The maximum absolute atomic E-state index is 5.94. The topological polar surface area (TPSA) is 47.3 Å². The first-order chi connectivity index (χ1) is 11.8. The number of benzene rings is 2. The summed E-state index contributed by atoms with van der Waals surface area (Å²) in [4.78, 5) is 0. The third-order valence-electron chi connectivity index (χ3n) is 4.64. The summed E-state index contributed by atoms with van der Waals surface area (Å²) in [6.07, 6.45) is 5.48. The van der Waals surface area contributed by atoms with Crippen molar-refractivity contribution in [3.63, 3.8) is 0 Å². The van der Waals surface area contributed by atoms with Gasteiger partial charge in [-0.3, -0.25) is 0 Å². The molecule has 2 aromatic rings. The molecule has 0 radical (unpaired) electrons. The largest absolute Gasteiger partial charge is 0.489 e. The van der Waals surface area contributed by atoms with Gasteiger partial charge in [0.05, 0.1) is 0 Å². The summed E-state index contributed by atoms with van der Waals surface area (Å²) in [6, 6.07) is 18.8. The average Bonchev–Trinajstić information content (AvgIpc) is 3.46. The van der Waals surface area contributed by atoms with Crippen LogP contribution in [-0.4, -0.2) is 13.1 Å². The van der Waals surface area contributed by atoms with Crippen LogP contribution < -0.4 is 15.8 Å². The molecule has 0 spiro atoms. The number of hydrogen-bond acceptors (Lipinski definition) is 3. The monoisotopic (exact) mass is 324 g/mol. The molecule has 3 rings (SSSR count). The minimum Gasteiger partial charge on any atom is -0.489 e. The van der Waals surface area contributed by atoms with E-state index in [4.69, 9.17) is 10.5 Å². The van der Waals surface area contributed by atoms with E-state index in [1.54, 1.807) is 0 Å². The normalized spacial score (nSPS) is 15.2. The minimum absolute atomic E-state index is 0.229. The Morgan fingerprint density at radius 3 is 2.46 bits per heavy atom. The van der Waals surface area contributed by atoms with Crippen LogP contribution in [0.2, 0.25) is 0 Å². The Hall–Kier alpha value is -1.84. The maximum atomic E-state index is 5.94. The van der Waals surface area contributed by atoms with Crippen molar-refractivity contribution in [1.29, 1.82) is 0 Å². The van der Waals surface area contributed by atoms with E-state index in [9.17, 15) is 0 Å². The second-order valence-electron chi connectivity index (χ2n) is 6.67. The predicted octanol–water partition coefficient (Wildman–Crippen LogP) is 4.05. The highest BCUT2D eigenvalue weighted by Crippen LogP contribution is 2.33. The van der Waals surface area contributed by atoms with Gasteiger partial charge in [-0.2, -0.15) is 0 Å². The predicted molar refractivity (Wildman–Crippen MR) is 99.0 cm³/mol. The zero-order valence-electron chi connectivity index (χ0n) is 14.3. The molecule has 0 heterocycles. The fourth-order valence-electron chi connectivity index (χ4n) is 2.95. The first-order valence-electron chi connectivity index (χ1n) is 9.05. The summed E-state index contributed by atoms with van der Waals surface area (Å²) in [5.41, 5.74) is 8.35. The van der Waals surface area contributed by atoms with Crippen molar-refractivity contribution in [3.8, 4) is 5.75 Å². The third-order valence-corrected chi connectivity index (χ3v) is 4.64. The maximum Gasteiger partial charge on any atom is 0.119 e. The molecule has 0 amide bonds. The fourth-order valence-corrected chi connectivity index (χ4v) is 2.95. The number of nitrogens with two attached hydrogens (primary N) is 1. The molecule has 3 nitrogen and oxygen atoms in total. The molecule has 0 saturated heterocycles. The Balaban J connectivity index is 1.46. The number of hydrogen-bond donors (Lipinski definition) is 2. The highest BCUT2D eigenvalue weighted by atomic mass is 16.5. The molecule has 0 bridgehead atoms. The fraction of sp³-hybridized carbons (Fsp3) is 0.429. The highest BCUT2D eigenvalue weighted by molar-refractivity contribution is 5.29. The van der Waals surface area contributed by atoms with Crippen molar-refractivity contribution >= 4 is 0 Å². The first-order valence-corrected chi connectivity index (χ1v) is 9.05. The summed E-state index contributed by atoms with van der Waals surface area (Å²) in [5, 5.41) is 3.58. The van der Waals surface area contributed by atoms with Gasteiger partial charge in [-0.1, -0.05) is 55.3 Å². The van der Waals surface area contributed by atoms with Gasteiger partial charge in [-0.15, -0.1) is 0 Å². The Kier molecular flexibility index (Phi) is 6.27. The third kappa shape index (κ3) is 5.36. The van der Waals surface area contributed by atoms with Gasteiger partial charge in [0.1, 0.15) is 12.4 Å². The molecule has 1 fully saturated rings. The molecule has 1 aliphatic rings. The van der Waals surface area contributed by atoms with Crippen LogP contribution in [0.1, 0.15) is 42.9 Å². The van der Waals surface area contributed by atoms with Gasteiger partial charge in [0, 0.05) is 12.6 Å². The molecule has 24 heavy (non-hydrogen) atoms. The van der Waals surface area contributed by atoms with E-state index in [1.807, 2.05) is 30.3 Å². The Bertz CT molecular complexity index is 593. The lowest BCUT2D eigenvalue weighted by molar-refractivity contribution is 0.306. The van der Waals surface area contributed by atoms with Crippen LogP contribution in [0.15, 0.2) is 54.6 Å². The molecule has 3 heteroatoms. The van der Waals surface area contributed by atoms with Crippen molar-refractivity contribution < 1.29 is 4.74 Å². The molecule has 128 valence electrons. The van der Waals surface area contributed by atoms with E-state index in [0.29, 0.717) is 13.2 Å². The van der Waals surface area contributed by atoms with E-state index in [2.05, 4.69) is 29.6 Å². The second-order valence-corrected chi connectivity index (χ2v) is 6.67. The summed E-state index contributed by atoms with van der Waals surface area (Å²) in [6.45, 7) is 2.26. The zero-order valence-corrected chi connectivity index (χ0v) is 14.3. The van der Waals surface area contributed by atoms with E-state index in [0.717, 1.165) is 18.2 Å². The van der Waals surface area contributed by atoms with Crippen LogP contribution in [0, 0.1) is 5.92 Å². The smallest absolute Gasteiger partial charge is 0.119 e. The number of ether oxygens (including phenoxy) is 1. The quantitative estimate of drug-likeness (QED) is 0.648. The van der Waals surface area contributed by atoms with Gasteiger partial charge in [0.25, 0.3) is 0 Å². The zero-order chi connectivity index (χ0) is 16.6. The Morgan fingerprint density at radius 1 is 1.04 bits per heavy atom. The number of nitrogens with one attached hydrogen (secondary N) is 1. The summed E-state index contributed by atoms with van der Waals surface area (Å²) < 4.78 is 5.84. The van der Waals surface area contributed by atoms with Gasteiger partial charge in [0.15, 0.2) is 0 Å². The lowest BCUT2D eigenvalue weighted by Gasteiger charge is -2.18. The minimum atomic E-state index is 0.229. The van der Waals surface area contributed by atoms with E-state index in [1.165, 1.54) is 36.8 Å². The molecule has 2 aromatic carbocycles. The molecule has 0 aliphatic heterocycles. The molecule has 1 unspecified atom stereocenters. The van der Waals surface area contributed by atoms with Crippen molar-refractivity contribution in [2.45, 2.75) is 38.3 Å². The van der Waals surface area contributed by atoms with Crippen molar-refractivity contribution in [3.05, 3.63) is 65.7 Å². The van der Waals surface area contributed by atoms with Gasteiger partial charge < -0.3 is 15.8 Å². The van der Waals surface area contributed by atoms with E-state index < -0.39 is 0 Å². The van der Waals surface area contributed by atoms with Crippen molar-refractivity contribution in [2.75, 3.05) is 13.1 Å². The van der Waals surface area contributed by atoms with Crippen LogP contribution >= 0.6 is 0 Å². The van der Waals surface area contributed by atoms with Gasteiger partial charge in [-0.05, 0) is 48.6 Å². The molecular weight excluding hydrogens is 296 g/mol. The van der Waals surface area contributed by atoms with Crippen molar-refractivity contribution in [2.24, 2.45) is 11.7 Å². The molecular formula is C21H28N2O. The average molecular weight is 324 g/mol. The van der Waals surface area contributed by atoms with Crippen LogP contribution in [0.25, 0.3) is 0 Å². The highest BCUT2D eigenvalue weighted by Gasteiger charge is 2.20. The van der Waals surface area contributed by atoms with Gasteiger partial charge in [0.2, 0.25) is 0 Å². The van der Waals surface area contributed by atoms with Crippen LogP contribution in [0.4, 0.5) is 0 Å². The molecule has 1 saturated carbocycles. The van der Waals surface area contributed by atoms with Gasteiger partial charge in [-0.25, -0.2) is 0 Å². The van der Waals surface area contributed by atoms with E-state index in [-0.39, 0.29) is 6.04 Å². The standard InChI is InChI=1S/C21H28N2O/c22-15-21(23-14-4-7-17-8-9-17)19-10-12-20(13-11-19)24-16-18-5-2-1-3-6-18/h1-3,5-6,10-13,17,21,23H,4,7-9,14-16,22H2. The lowest BCUT2D eigenvalue weighted by Crippen LogP contribution is -2.29. The second kappa shape index (κ2) is 8.86. The Labute approximate surface area is 145 Å². The summed E-state index contributed by atoms with van der Waals surface area (Å²) >= 11 is 0. The van der Waals surface area contributed by atoms with Crippen LogP contribution in [0.5, 0.6) is 5.75 Å². The summed E-state index contributed by atoms with van der Waals surface area (Å²) in [7, 11) is 0. The van der Waals surface area contributed by atoms with E-state index >= 15 is 0 Å². The lowest BCUT2D eigenvalue weighted by atomic mass is 10.1. The van der Waals surface area contributed by atoms with Crippen LogP contribution in [-0.2, 0) is 6.61 Å². The van der Waals surface area contributed by atoms with Crippen molar-refractivity contribution in [1.82, 2.24) is 5.32 Å². The molecule has 1 atom stereocenters. The molecule has 0 aromatic heterocycles. The first kappa shape index (κ1) is 17.0. The number of rotatable bonds is 10. The van der Waals surface area contributed by atoms with Gasteiger partial charge >= 0.3 is 0 Å². The molecule has 3 N–H and O–H groups in total. The molecule has 1 aliphatic carbocycles. The Morgan fingerprint density at radius 2 is 1.79 bits per heavy atom.